The van der Waals surface area contributed by atoms with Gasteiger partial charge in [0, 0.05) is 6.42 Å². The third-order valence-corrected chi connectivity index (χ3v) is 3.13. The molecule has 2 heteroatoms. The molecule has 2 nitrogen and oxygen atoms in total. The van der Waals surface area contributed by atoms with Crippen molar-refractivity contribution in [1.82, 2.24) is 0 Å². The van der Waals surface area contributed by atoms with Gasteiger partial charge in [0.25, 0.3) is 0 Å². The van der Waals surface area contributed by atoms with Crippen molar-refractivity contribution in [3.8, 4) is 0 Å². The quantitative estimate of drug-likeness (QED) is 0.560. The number of rotatable bonds is 10. The zero-order valence-corrected chi connectivity index (χ0v) is 11.2. The second-order valence-electron chi connectivity index (χ2n) is 5.25. The zero-order chi connectivity index (χ0) is 12.4. The molecule has 96 valence electrons. The van der Waals surface area contributed by atoms with Crippen molar-refractivity contribution in [2.24, 2.45) is 11.8 Å². The van der Waals surface area contributed by atoms with E-state index in [1.807, 2.05) is 6.92 Å². The largest absolute Gasteiger partial charge is 0.481 e. The average molecular weight is 228 g/mol. The summed E-state index contributed by atoms with van der Waals surface area (Å²) in [5.74, 6) is 0.335. The highest BCUT2D eigenvalue weighted by Crippen LogP contribution is 2.20. The highest BCUT2D eigenvalue weighted by Gasteiger charge is 2.11. The fourth-order valence-corrected chi connectivity index (χ4v) is 2.28. The van der Waals surface area contributed by atoms with E-state index in [0.29, 0.717) is 18.3 Å². The topological polar surface area (TPSA) is 37.3 Å². The molecule has 0 radical (unpaired) electrons. The molecule has 0 rings (SSSR count). The summed E-state index contributed by atoms with van der Waals surface area (Å²) in [6, 6.07) is 0. The predicted octanol–water partition coefficient (Wildman–Crippen LogP) is 4.48. The smallest absolute Gasteiger partial charge is 0.303 e. The fraction of sp³-hybridized carbons (Fsp3) is 0.929. The maximum Gasteiger partial charge on any atom is 0.303 e. The summed E-state index contributed by atoms with van der Waals surface area (Å²) in [4.78, 5) is 10.5. The fourth-order valence-electron chi connectivity index (χ4n) is 2.28. The van der Waals surface area contributed by atoms with Crippen molar-refractivity contribution < 1.29 is 9.90 Å². The van der Waals surface area contributed by atoms with Crippen molar-refractivity contribution in [3.63, 3.8) is 0 Å². The summed E-state index contributed by atoms with van der Waals surface area (Å²) in [5.41, 5.74) is 0. The maximum atomic E-state index is 10.5. The summed E-state index contributed by atoms with van der Waals surface area (Å²) in [6.07, 6.45) is 9.28. The molecule has 0 unspecified atom stereocenters. The molecular formula is C14H28O2. The van der Waals surface area contributed by atoms with Gasteiger partial charge >= 0.3 is 5.97 Å². The minimum Gasteiger partial charge on any atom is -0.481 e. The summed E-state index contributed by atoms with van der Waals surface area (Å²) in [5, 5.41) is 8.67. The van der Waals surface area contributed by atoms with Crippen LogP contribution in [0.2, 0.25) is 0 Å². The normalized spacial score (nSPS) is 14.7. The van der Waals surface area contributed by atoms with Crippen LogP contribution in [0.3, 0.4) is 0 Å². The van der Waals surface area contributed by atoms with Gasteiger partial charge in [-0.1, -0.05) is 59.3 Å². The lowest BCUT2D eigenvalue weighted by Crippen LogP contribution is -2.08. The van der Waals surface area contributed by atoms with Gasteiger partial charge in [0.2, 0.25) is 0 Å². The minimum absolute atomic E-state index is 0.320. The first kappa shape index (κ1) is 15.5. The molecule has 0 aromatic rings. The summed E-state index contributed by atoms with van der Waals surface area (Å²) < 4.78 is 0. The van der Waals surface area contributed by atoms with Crippen molar-refractivity contribution >= 4 is 5.97 Å². The highest BCUT2D eigenvalue weighted by molar-refractivity contribution is 5.66. The van der Waals surface area contributed by atoms with Crippen molar-refractivity contribution in [2.75, 3.05) is 0 Å². The van der Waals surface area contributed by atoms with E-state index in [-0.39, 0.29) is 0 Å². The van der Waals surface area contributed by atoms with E-state index in [4.69, 9.17) is 5.11 Å². The monoisotopic (exact) mass is 228 g/mol. The second kappa shape index (κ2) is 9.68. The Balaban J connectivity index is 3.42. The Hall–Kier alpha value is -0.530. The highest BCUT2D eigenvalue weighted by atomic mass is 16.4. The third kappa shape index (κ3) is 10.0. The molecule has 0 saturated heterocycles. The number of unbranched alkanes of at least 4 members (excludes halogenated alkanes) is 4. The Morgan fingerprint density at radius 2 is 1.69 bits per heavy atom. The summed E-state index contributed by atoms with van der Waals surface area (Å²) in [7, 11) is 0. The third-order valence-electron chi connectivity index (χ3n) is 3.13. The van der Waals surface area contributed by atoms with Crippen LogP contribution in [0.4, 0.5) is 0 Å². The Kier molecular flexibility index (Phi) is 9.36. The van der Waals surface area contributed by atoms with Crippen LogP contribution in [0, 0.1) is 11.8 Å². The van der Waals surface area contributed by atoms with Gasteiger partial charge in [0.05, 0.1) is 0 Å². The van der Waals surface area contributed by atoms with Gasteiger partial charge in [-0.2, -0.15) is 0 Å². The first-order chi connectivity index (χ1) is 7.56. The van der Waals surface area contributed by atoms with Crippen LogP contribution >= 0.6 is 0 Å². The molecule has 0 bridgehead atoms. The van der Waals surface area contributed by atoms with Crippen LogP contribution in [0.25, 0.3) is 0 Å². The number of hydrogen-bond donors (Lipinski definition) is 1. The molecule has 0 amide bonds. The molecule has 0 aliphatic carbocycles. The number of hydrogen-bond acceptors (Lipinski definition) is 1. The number of aliphatic carboxylic acids is 1. The van der Waals surface area contributed by atoms with E-state index in [1.54, 1.807) is 0 Å². The van der Waals surface area contributed by atoms with Crippen LogP contribution in [0.1, 0.15) is 72.1 Å². The van der Waals surface area contributed by atoms with E-state index in [0.717, 1.165) is 6.42 Å². The van der Waals surface area contributed by atoms with E-state index in [9.17, 15) is 4.79 Å². The predicted molar refractivity (Wildman–Crippen MR) is 68.6 cm³/mol. The zero-order valence-electron chi connectivity index (χ0n) is 11.2. The van der Waals surface area contributed by atoms with E-state index < -0.39 is 5.97 Å². The second-order valence-corrected chi connectivity index (χ2v) is 5.25. The molecule has 0 aromatic heterocycles. The molecular weight excluding hydrogens is 200 g/mol. The molecule has 0 heterocycles. The Labute approximate surface area is 100 Å². The van der Waals surface area contributed by atoms with Crippen LogP contribution in [0.15, 0.2) is 0 Å². The SMILES string of the molecule is CCCCCCC[C@H](C)C[C@@H](C)CC(=O)O. The Bertz CT molecular complexity index is 178. The lowest BCUT2D eigenvalue weighted by Gasteiger charge is -2.15. The van der Waals surface area contributed by atoms with Crippen LogP contribution in [-0.2, 0) is 4.79 Å². The molecule has 1 N–H and O–H groups in total. The first-order valence-electron chi connectivity index (χ1n) is 6.78. The van der Waals surface area contributed by atoms with Crippen molar-refractivity contribution in [2.45, 2.75) is 72.1 Å². The standard InChI is InChI=1S/C14H28O2/c1-4-5-6-7-8-9-12(2)10-13(3)11-14(15)16/h12-13H,4-11H2,1-3H3,(H,15,16)/t12-,13+/m0/s1. The van der Waals surface area contributed by atoms with Gasteiger partial charge in [-0.05, 0) is 18.3 Å². The lowest BCUT2D eigenvalue weighted by atomic mass is 9.91. The summed E-state index contributed by atoms with van der Waals surface area (Å²) in [6.45, 7) is 6.52. The maximum absolute atomic E-state index is 10.5. The molecule has 0 aromatic carbocycles. The van der Waals surface area contributed by atoms with Crippen molar-refractivity contribution in [3.05, 3.63) is 0 Å². The number of carboxylic acids is 1. The van der Waals surface area contributed by atoms with Gasteiger partial charge in [-0.25, -0.2) is 0 Å². The van der Waals surface area contributed by atoms with Crippen LogP contribution in [0.5, 0.6) is 0 Å². The first-order valence-corrected chi connectivity index (χ1v) is 6.78. The van der Waals surface area contributed by atoms with Gasteiger partial charge in [-0.15, -0.1) is 0 Å². The molecule has 2 atom stereocenters. The van der Waals surface area contributed by atoms with E-state index in [1.165, 1.54) is 38.5 Å². The molecule has 0 fully saturated rings. The van der Waals surface area contributed by atoms with E-state index >= 15 is 0 Å². The van der Waals surface area contributed by atoms with Gasteiger partial charge in [0.1, 0.15) is 0 Å². The van der Waals surface area contributed by atoms with Crippen LogP contribution < -0.4 is 0 Å². The molecule has 0 aliphatic rings. The Morgan fingerprint density at radius 1 is 1.06 bits per heavy atom. The van der Waals surface area contributed by atoms with Gasteiger partial charge in [-0.3, -0.25) is 4.79 Å². The molecule has 0 aliphatic heterocycles. The summed E-state index contributed by atoms with van der Waals surface area (Å²) >= 11 is 0. The van der Waals surface area contributed by atoms with Gasteiger partial charge < -0.3 is 5.11 Å². The van der Waals surface area contributed by atoms with Crippen LogP contribution in [-0.4, -0.2) is 11.1 Å². The van der Waals surface area contributed by atoms with Crippen molar-refractivity contribution in [1.29, 1.82) is 0 Å². The number of carboxylic acid groups (broad SMARTS) is 1. The number of carbonyl (C=O) groups is 1. The Morgan fingerprint density at radius 3 is 2.25 bits per heavy atom. The molecule has 16 heavy (non-hydrogen) atoms. The minimum atomic E-state index is -0.664. The molecule has 0 spiro atoms. The molecule has 0 saturated carbocycles. The van der Waals surface area contributed by atoms with Gasteiger partial charge in [0.15, 0.2) is 0 Å². The lowest BCUT2D eigenvalue weighted by molar-refractivity contribution is -0.138. The average Bonchev–Trinajstić information content (AvgIpc) is 2.15. The van der Waals surface area contributed by atoms with E-state index in [2.05, 4.69) is 13.8 Å².